The van der Waals surface area contributed by atoms with Gasteiger partial charge in [0, 0.05) is 23.5 Å². The summed E-state index contributed by atoms with van der Waals surface area (Å²) in [6.45, 7) is 1.71. The summed E-state index contributed by atoms with van der Waals surface area (Å²) in [7, 11) is 1.50. The second-order valence-electron chi connectivity index (χ2n) is 8.74. The van der Waals surface area contributed by atoms with Crippen LogP contribution >= 0.6 is 0 Å². The Kier molecular flexibility index (Phi) is 6.79. The number of fused-ring (bicyclic) bond motifs is 1. The van der Waals surface area contributed by atoms with Gasteiger partial charge in [-0.1, -0.05) is 42.5 Å². The Hall–Kier alpha value is -5.45. The number of nitro groups is 1. The van der Waals surface area contributed by atoms with Crippen molar-refractivity contribution in [2.45, 2.75) is 13.0 Å². The molecule has 3 N–H and O–H groups in total. The third-order valence-corrected chi connectivity index (χ3v) is 6.30. The van der Waals surface area contributed by atoms with Gasteiger partial charge in [0.05, 0.1) is 29.5 Å². The van der Waals surface area contributed by atoms with Crippen LogP contribution in [0.3, 0.4) is 0 Å². The molecule has 0 aliphatic carbocycles. The zero-order valence-corrected chi connectivity index (χ0v) is 21.0. The van der Waals surface area contributed by atoms with Crippen LogP contribution < -0.4 is 20.7 Å². The normalized spacial score (nSPS) is 14.2. The summed E-state index contributed by atoms with van der Waals surface area (Å²) in [6.07, 6.45) is 1.40. The van der Waals surface area contributed by atoms with E-state index in [2.05, 4.69) is 21.0 Å². The maximum Gasteiger partial charge on any atom is 0.269 e. The fourth-order valence-corrected chi connectivity index (χ4v) is 4.49. The Bertz CT molecular complexity index is 1610. The van der Waals surface area contributed by atoms with Crippen LogP contribution in [0.2, 0.25) is 0 Å². The second kappa shape index (κ2) is 10.5. The minimum atomic E-state index is -0.867. The summed E-state index contributed by atoms with van der Waals surface area (Å²) >= 11 is 0. The average Bonchev–Trinajstić information content (AvgIpc) is 3.36. The molecule has 1 aliphatic heterocycles. The molecule has 1 atom stereocenters. The number of para-hydroxylation sites is 3. The summed E-state index contributed by atoms with van der Waals surface area (Å²) in [5.41, 5.74) is 2.36. The van der Waals surface area contributed by atoms with E-state index in [0.29, 0.717) is 34.2 Å². The molecule has 0 unspecified atom stereocenters. The molecular weight excluding hydrogens is 500 g/mol. The Balaban J connectivity index is 1.58. The summed E-state index contributed by atoms with van der Waals surface area (Å²) in [4.78, 5) is 37.9. The minimum Gasteiger partial charge on any atom is -0.495 e. The molecule has 11 nitrogen and oxygen atoms in total. The highest BCUT2D eigenvalue weighted by Gasteiger charge is 2.36. The van der Waals surface area contributed by atoms with Crippen LogP contribution in [0.4, 0.5) is 22.9 Å². The minimum absolute atomic E-state index is 0.135. The van der Waals surface area contributed by atoms with Gasteiger partial charge in [-0.25, -0.2) is 4.68 Å². The molecule has 3 aromatic carbocycles. The number of rotatable bonds is 7. The molecule has 11 heteroatoms. The van der Waals surface area contributed by atoms with Crippen molar-refractivity contribution < 1.29 is 19.2 Å². The van der Waals surface area contributed by atoms with E-state index in [9.17, 15) is 19.7 Å². The van der Waals surface area contributed by atoms with Gasteiger partial charge in [0.25, 0.3) is 17.5 Å². The summed E-state index contributed by atoms with van der Waals surface area (Å²) in [6, 6.07) is 21.1. The van der Waals surface area contributed by atoms with Gasteiger partial charge < -0.3 is 20.7 Å². The van der Waals surface area contributed by atoms with Gasteiger partial charge in [-0.2, -0.15) is 5.10 Å². The van der Waals surface area contributed by atoms with Crippen molar-refractivity contribution in [1.82, 2.24) is 9.78 Å². The molecule has 5 rings (SSSR count). The van der Waals surface area contributed by atoms with Gasteiger partial charge in [-0.15, -0.1) is 0 Å². The number of carbonyl (C=O) groups excluding carboxylic acids is 2. The number of nitrogens with one attached hydrogen (secondary N) is 3. The third kappa shape index (κ3) is 4.92. The van der Waals surface area contributed by atoms with Crippen LogP contribution in [0.1, 0.15) is 28.9 Å². The van der Waals surface area contributed by atoms with Crippen molar-refractivity contribution >= 4 is 34.7 Å². The molecule has 0 saturated heterocycles. The van der Waals surface area contributed by atoms with E-state index in [1.807, 2.05) is 6.07 Å². The van der Waals surface area contributed by atoms with E-state index in [1.54, 1.807) is 67.6 Å². The molecule has 39 heavy (non-hydrogen) atoms. The Morgan fingerprint density at radius 1 is 1.00 bits per heavy atom. The summed E-state index contributed by atoms with van der Waals surface area (Å²) in [5, 5.41) is 24.9. The number of methoxy groups -OCH3 is 1. The number of aromatic nitrogens is 2. The van der Waals surface area contributed by atoms with Crippen LogP contribution in [0.5, 0.6) is 5.75 Å². The topological polar surface area (TPSA) is 140 Å². The highest BCUT2D eigenvalue weighted by molar-refractivity contribution is 6.09. The lowest BCUT2D eigenvalue weighted by Gasteiger charge is -2.30. The largest absolute Gasteiger partial charge is 0.495 e. The number of anilines is 3. The van der Waals surface area contributed by atoms with E-state index < -0.39 is 22.8 Å². The molecular formula is C28H24N6O5. The van der Waals surface area contributed by atoms with Crippen LogP contribution in [0.15, 0.2) is 96.3 Å². The molecule has 0 radical (unpaired) electrons. The van der Waals surface area contributed by atoms with E-state index in [4.69, 9.17) is 4.74 Å². The lowest BCUT2D eigenvalue weighted by molar-refractivity contribution is -0.384. The number of allylic oxidation sites excluding steroid dienone is 1. The predicted octanol–water partition coefficient (Wildman–Crippen LogP) is 4.98. The standard InChI is InChI=1S/C28H24N6O5/c1-17-24(28(36)32-22-13-6-7-14-23(22)39-2)25(18-9-8-12-20(15-18)34(37)38)33-26(30-17)21(16-29-33)27(35)31-19-10-4-3-5-11-19/h3-16,25,30H,1-2H3,(H,31,35)(H,32,36)/t25-/m0/s1. The summed E-state index contributed by atoms with van der Waals surface area (Å²) < 4.78 is 6.85. The van der Waals surface area contributed by atoms with Crippen LogP contribution in [0, 0.1) is 10.1 Å². The number of nitrogens with zero attached hydrogens (tertiary/aromatic N) is 3. The molecule has 0 saturated carbocycles. The molecule has 196 valence electrons. The van der Waals surface area contributed by atoms with Crippen molar-refractivity contribution in [3.63, 3.8) is 0 Å². The first-order valence-corrected chi connectivity index (χ1v) is 12.0. The monoisotopic (exact) mass is 524 g/mol. The first kappa shape index (κ1) is 25.2. The smallest absolute Gasteiger partial charge is 0.269 e. The number of hydrogen-bond donors (Lipinski definition) is 3. The zero-order valence-electron chi connectivity index (χ0n) is 21.0. The molecule has 0 spiro atoms. The number of nitro benzene ring substituents is 1. The van der Waals surface area contributed by atoms with Crippen LogP contribution in [0.25, 0.3) is 0 Å². The maximum absolute atomic E-state index is 13.7. The lowest BCUT2D eigenvalue weighted by atomic mass is 9.94. The summed E-state index contributed by atoms with van der Waals surface area (Å²) in [5.74, 6) is -0.0365. The first-order chi connectivity index (χ1) is 18.9. The number of carbonyl (C=O) groups is 2. The Morgan fingerprint density at radius 2 is 1.74 bits per heavy atom. The Morgan fingerprint density at radius 3 is 2.49 bits per heavy atom. The number of non-ortho nitro benzene ring substituents is 1. The van der Waals surface area contributed by atoms with E-state index in [-0.39, 0.29) is 16.8 Å². The van der Waals surface area contributed by atoms with Gasteiger partial charge in [0.1, 0.15) is 23.2 Å². The average molecular weight is 525 g/mol. The quantitative estimate of drug-likeness (QED) is 0.229. The SMILES string of the molecule is COc1ccccc1NC(=O)C1=C(C)Nc2c(C(=O)Nc3ccccc3)cnn2[C@H]1c1cccc([N+](=O)[O-])c1. The van der Waals surface area contributed by atoms with Gasteiger partial charge in [0.2, 0.25) is 0 Å². The molecule has 0 bridgehead atoms. The predicted molar refractivity (Wildman–Crippen MR) is 146 cm³/mol. The zero-order chi connectivity index (χ0) is 27.5. The molecule has 2 amide bonds. The fourth-order valence-electron chi connectivity index (χ4n) is 4.49. The van der Waals surface area contributed by atoms with Crippen molar-refractivity contribution in [1.29, 1.82) is 0 Å². The number of ether oxygens (including phenoxy) is 1. The molecule has 0 fully saturated rings. The van der Waals surface area contributed by atoms with E-state index >= 15 is 0 Å². The van der Waals surface area contributed by atoms with Gasteiger partial charge in [-0.05, 0) is 36.8 Å². The van der Waals surface area contributed by atoms with E-state index in [1.165, 1.54) is 30.1 Å². The number of benzene rings is 3. The van der Waals surface area contributed by atoms with Gasteiger partial charge in [0.15, 0.2) is 0 Å². The van der Waals surface area contributed by atoms with Crippen molar-refractivity contribution in [3.8, 4) is 5.75 Å². The van der Waals surface area contributed by atoms with E-state index in [0.717, 1.165) is 0 Å². The maximum atomic E-state index is 13.7. The van der Waals surface area contributed by atoms with Crippen LogP contribution in [-0.4, -0.2) is 33.6 Å². The van der Waals surface area contributed by atoms with Gasteiger partial charge >= 0.3 is 0 Å². The first-order valence-electron chi connectivity index (χ1n) is 12.0. The van der Waals surface area contributed by atoms with Crippen LogP contribution in [-0.2, 0) is 4.79 Å². The highest BCUT2D eigenvalue weighted by atomic mass is 16.6. The molecule has 2 heterocycles. The molecule has 1 aromatic heterocycles. The van der Waals surface area contributed by atoms with Gasteiger partial charge in [-0.3, -0.25) is 19.7 Å². The highest BCUT2D eigenvalue weighted by Crippen LogP contribution is 2.39. The molecule has 1 aliphatic rings. The Labute approximate surface area is 223 Å². The lowest BCUT2D eigenvalue weighted by Crippen LogP contribution is -2.32. The van der Waals surface area contributed by atoms with Crippen molar-refractivity contribution in [3.05, 3.63) is 118 Å². The number of amides is 2. The number of hydrogen-bond acceptors (Lipinski definition) is 7. The fraction of sp³-hybridized carbons (Fsp3) is 0.107. The van der Waals surface area contributed by atoms with Crippen molar-refractivity contribution in [2.24, 2.45) is 0 Å². The third-order valence-electron chi connectivity index (χ3n) is 6.30. The van der Waals surface area contributed by atoms with Crippen molar-refractivity contribution in [2.75, 3.05) is 23.1 Å². The molecule has 4 aromatic rings. The second-order valence-corrected chi connectivity index (χ2v) is 8.74.